The molecular formula is C26H18F2N4O4S. The standard InChI is InChI=1S/C26H18F2N4O4S/c1-4-23(33)29-16-6-8-21(36-20-7-5-15(27)9-18(20)28)19(10-16)32-12-13(2)24(34)17-11-22(37-26(17)32)25-31-30-14(3)35-25/h4-12H,1H2,2-3H3,(H,29,33). The summed E-state index contributed by atoms with van der Waals surface area (Å²) < 4.78 is 41.0. The third kappa shape index (κ3) is 4.64. The number of nitrogens with zero attached hydrogens (tertiary/aromatic N) is 3. The molecule has 0 aliphatic carbocycles. The van der Waals surface area contributed by atoms with E-state index in [1.807, 2.05) is 0 Å². The van der Waals surface area contributed by atoms with Gasteiger partial charge >= 0.3 is 0 Å². The van der Waals surface area contributed by atoms with Crippen LogP contribution in [0.15, 0.2) is 70.5 Å². The number of anilines is 1. The van der Waals surface area contributed by atoms with Crippen LogP contribution in [0.2, 0.25) is 0 Å². The number of ether oxygens (including phenoxy) is 1. The maximum Gasteiger partial charge on any atom is 0.257 e. The smallest absolute Gasteiger partial charge is 0.257 e. The Hall–Kier alpha value is -4.64. The van der Waals surface area contributed by atoms with Gasteiger partial charge in [0.05, 0.1) is 16.0 Å². The minimum absolute atomic E-state index is 0.187. The van der Waals surface area contributed by atoms with Crippen molar-refractivity contribution in [2.45, 2.75) is 13.8 Å². The van der Waals surface area contributed by atoms with Gasteiger partial charge < -0.3 is 19.0 Å². The van der Waals surface area contributed by atoms with Crippen molar-refractivity contribution < 1.29 is 22.7 Å². The average Bonchev–Trinajstić information content (AvgIpc) is 3.51. The van der Waals surface area contributed by atoms with E-state index >= 15 is 0 Å². The van der Waals surface area contributed by atoms with E-state index in [-0.39, 0.29) is 22.8 Å². The molecule has 37 heavy (non-hydrogen) atoms. The van der Waals surface area contributed by atoms with Gasteiger partial charge in [0.15, 0.2) is 22.7 Å². The van der Waals surface area contributed by atoms with Gasteiger partial charge in [0.25, 0.3) is 5.89 Å². The molecule has 0 bridgehead atoms. The Balaban J connectivity index is 1.73. The Morgan fingerprint density at radius 1 is 1.14 bits per heavy atom. The molecule has 5 aromatic rings. The SMILES string of the molecule is C=CC(=O)Nc1ccc(Oc2ccc(F)cc2F)c(-n2cc(C)c(=O)c3cc(-c4nnc(C)o4)sc32)c1. The summed E-state index contributed by atoms with van der Waals surface area (Å²) in [6.45, 7) is 6.78. The normalized spacial score (nSPS) is 11.0. The van der Waals surface area contributed by atoms with Gasteiger partial charge in [-0.2, -0.15) is 0 Å². The zero-order chi connectivity index (χ0) is 26.3. The van der Waals surface area contributed by atoms with Crippen LogP contribution in [0.3, 0.4) is 0 Å². The molecule has 0 saturated heterocycles. The number of benzene rings is 2. The van der Waals surface area contributed by atoms with Crippen molar-refractivity contribution in [3.05, 3.63) is 94.6 Å². The molecule has 5 rings (SSSR count). The Labute approximate surface area is 212 Å². The van der Waals surface area contributed by atoms with Crippen molar-refractivity contribution in [3.63, 3.8) is 0 Å². The van der Waals surface area contributed by atoms with Gasteiger partial charge in [-0.15, -0.1) is 21.5 Å². The van der Waals surface area contributed by atoms with Crippen molar-refractivity contribution in [3.8, 4) is 28.0 Å². The van der Waals surface area contributed by atoms with E-state index in [0.29, 0.717) is 44.0 Å². The number of fused-ring (bicyclic) bond motifs is 1. The summed E-state index contributed by atoms with van der Waals surface area (Å²) in [6, 6.07) is 9.35. The Morgan fingerprint density at radius 2 is 1.92 bits per heavy atom. The van der Waals surface area contributed by atoms with Crippen LogP contribution < -0.4 is 15.5 Å². The summed E-state index contributed by atoms with van der Waals surface area (Å²) >= 11 is 1.24. The van der Waals surface area contributed by atoms with E-state index in [1.54, 1.807) is 42.8 Å². The molecule has 3 heterocycles. The topological polar surface area (TPSA) is 99.2 Å². The predicted molar refractivity (Wildman–Crippen MR) is 135 cm³/mol. The fraction of sp³-hybridized carbons (Fsp3) is 0.0769. The summed E-state index contributed by atoms with van der Waals surface area (Å²) in [5.74, 6) is -1.44. The highest BCUT2D eigenvalue weighted by Gasteiger charge is 2.19. The molecule has 0 fully saturated rings. The highest BCUT2D eigenvalue weighted by molar-refractivity contribution is 7.21. The number of halogens is 2. The van der Waals surface area contributed by atoms with Crippen LogP contribution >= 0.6 is 11.3 Å². The molecule has 0 saturated carbocycles. The number of nitrogens with one attached hydrogen (secondary N) is 1. The molecule has 0 spiro atoms. The summed E-state index contributed by atoms with van der Waals surface area (Å²) in [5.41, 5.74) is 1.03. The van der Waals surface area contributed by atoms with Crippen LogP contribution in [-0.4, -0.2) is 20.7 Å². The maximum atomic E-state index is 14.4. The number of rotatable bonds is 6. The van der Waals surface area contributed by atoms with E-state index in [2.05, 4.69) is 22.1 Å². The van der Waals surface area contributed by atoms with E-state index in [4.69, 9.17) is 9.15 Å². The zero-order valence-electron chi connectivity index (χ0n) is 19.5. The number of pyridine rings is 1. The number of carbonyl (C=O) groups is 1. The first-order valence-electron chi connectivity index (χ1n) is 10.9. The van der Waals surface area contributed by atoms with Crippen molar-refractivity contribution in [1.29, 1.82) is 0 Å². The summed E-state index contributed by atoms with van der Waals surface area (Å²) in [5, 5.41) is 11.0. The summed E-state index contributed by atoms with van der Waals surface area (Å²) in [4.78, 5) is 26.1. The third-order valence-electron chi connectivity index (χ3n) is 5.38. The Morgan fingerprint density at radius 3 is 2.62 bits per heavy atom. The van der Waals surface area contributed by atoms with Crippen LogP contribution in [0.1, 0.15) is 11.5 Å². The number of thiophene rings is 1. The maximum absolute atomic E-state index is 14.4. The van der Waals surface area contributed by atoms with E-state index in [0.717, 1.165) is 12.1 Å². The summed E-state index contributed by atoms with van der Waals surface area (Å²) in [7, 11) is 0. The number of aromatic nitrogens is 3. The lowest BCUT2D eigenvalue weighted by Gasteiger charge is -2.17. The quantitative estimate of drug-likeness (QED) is 0.279. The molecule has 8 nitrogen and oxygen atoms in total. The lowest BCUT2D eigenvalue weighted by Crippen LogP contribution is -2.11. The van der Waals surface area contributed by atoms with Crippen LogP contribution in [0.4, 0.5) is 14.5 Å². The van der Waals surface area contributed by atoms with Gasteiger partial charge in [0, 0.05) is 30.4 Å². The van der Waals surface area contributed by atoms with E-state index in [9.17, 15) is 18.4 Å². The molecule has 0 unspecified atom stereocenters. The number of carbonyl (C=O) groups excluding carboxylic acids is 1. The second-order valence-corrected chi connectivity index (χ2v) is 9.05. The first kappa shape index (κ1) is 24.1. The lowest BCUT2D eigenvalue weighted by atomic mass is 10.2. The fourth-order valence-corrected chi connectivity index (χ4v) is 4.73. The van der Waals surface area contributed by atoms with Crippen LogP contribution in [0.25, 0.3) is 26.7 Å². The molecule has 0 atom stereocenters. The van der Waals surface area contributed by atoms with Gasteiger partial charge in [-0.05, 0) is 49.4 Å². The van der Waals surface area contributed by atoms with Crippen molar-refractivity contribution in [1.82, 2.24) is 14.8 Å². The van der Waals surface area contributed by atoms with Gasteiger partial charge in [-0.1, -0.05) is 6.58 Å². The summed E-state index contributed by atoms with van der Waals surface area (Å²) in [6.07, 6.45) is 2.74. The minimum atomic E-state index is -0.888. The monoisotopic (exact) mass is 520 g/mol. The van der Waals surface area contributed by atoms with E-state index < -0.39 is 17.5 Å². The highest BCUT2D eigenvalue weighted by Crippen LogP contribution is 2.37. The molecule has 11 heteroatoms. The molecule has 2 aromatic carbocycles. The molecule has 0 aliphatic heterocycles. The first-order valence-corrected chi connectivity index (χ1v) is 11.7. The molecule has 3 aromatic heterocycles. The van der Waals surface area contributed by atoms with Gasteiger partial charge in [0.2, 0.25) is 11.8 Å². The molecule has 0 radical (unpaired) electrons. The first-order chi connectivity index (χ1) is 17.7. The van der Waals surface area contributed by atoms with Gasteiger partial charge in [-0.25, -0.2) is 8.78 Å². The average molecular weight is 521 g/mol. The molecule has 1 amide bonds. The van der Waals surface area contributed by atoms with Crippen LogP contribution in [-0.2, 0) is 4.79 Å². The molecule has 1 N–H and O–H groups in total. The number of hydrogen-bond acceptors (Lipinski definition) is 7. The second kappa shape index (κ2) is 9.43. The number of amides is 1. The largest absolute Gasteiger partial charge is 0.452 e. The molecular weight excluding hydrogens is 502 g/mol. The Kier molecular flexibility index (Phi) is 6.14. The highest BCUT2D eigenvalue weighted by atomic mass is 32.1. The predicted octanol–water partition coefficient (Wildman–Crippen LogP) is 5.91. The number of aryl methyl sites for hydroxylation is 2. The fourth-order valence-electron chi connectivity index (χ4n) is 3.67. The second-order valence-electron chi connectivity index (χ2n) is 8.02. The lowest BCUT2D eigenvalue weighted by molar-refractivity contribution is -0.111. The van der Waals surface area contributed by atoms with Gasteiger partial charge in [0.1, 0.15) is 10.6 Å². The molecule has 186 valence electrons. The van der Waals surface area contributed by atoms with Crippen LogP contribution in [0, 0.1) is 25.5 Å². The zero-order valence-corrected chi connectivity index (χ0v) is 20.4. The third-order valence-corrected chi connectivity index (χ3v) is 6.50. The van der Waals surface area contributed by atoms with E-state index in [1.165, 1.54) is 23.5 Å². The van der Waals surface area contributed by atoms with Crippen molar-refractivity contribution in [2.75, 3.05) is 5.32 Å². The van der Waals surface area contributed by atoms with Gasteiger partial charge in [-0.3, -0.25) is 9.59 Å². The Bertz CT molecular complexity index is 1760. The van der Waals surface area contributed by atoms with Crippen molar-refractivity contribution >= 4 is 33.1 Å². The number of hydrogen-bond donors (Lipinski definition) is 1. The molecule has 0 aliphatic rings. The van der Waals surface area contributed by atoms with Crippen molar-refractivity contribution in [2.24, 2.45) is 0 Å². The van der Waals surface area contributed by atoms with Crippen LogP contribution in [0.5, 0.6) is 11.5 Å². The minimum Gasteiger partial charge on any atom is -0.452 e.